The number of carbonyl (C=O) groups excluding carboxylic acids is 1. The van der Waals surface area contributed by atoms with Crippen LogP contribution in [0.15, 0.2) is 45.9 Å². The van der Waals surface area contributed by atoms with Gasteiger partial charge in [0.1, 0.15) is 0 Å². The van der Waals surface area contributed by atoms with E-state index in [1.165, 1.54) is 16.4 Å². The van der Waals surface area contributed by atoms with Crippen LogP contribution in [0.2, 0.25) is 0 Å². The van der Waals surface area contributed by atoms with Crippen LogP contribution in [0.5, 0.6) is 0 Å². The third kappa shape index (κ3) is 4.12. The minimum absolute atomic E-state index is 0.184. The first kappa shape index (κ1) is 19.3. The molecule has 1 saturated heterocycles. The lowest BCUT2D eigenvalue weighted by Crippen LogP contribution is -2.51. The van der Waals surface area contributed by atoms with Crippen LogP contribution in [0.1, 0.15) is 16.1 Å². The first-order valence-electron chi connectivity index (χ1n) is 8.30. The van der Waals surface area contributed by atoms with E-state index in [2.05, 4.69) is 5.32 Å². The number of benzene rings is 1. The normalized spacial score (nSPS) is 15.5. The van der Waals surface area contributed by atoms with Crippen molar-refractivity contribution in [2.45, 2.75) is 12.0 Å². The molecule has 0 saturated carbocycles. The molecule has 1 aromatic heterocycles. The molecule has 8 nitrogen and oxygen atoms in total. The molecule has 144 valence electrons. The molecule has 2 heterocycles. The second-order valence-corrected chi connectivity index (χ2v) is 8.37. The number of thiocarbonyl (C=S) groups is 1. The monoisotopic (exact) mass is 408 g/mol. The minimum Gasteiger partial charge on any atom is -0.438 e. The minimum atomic E-state index is -3.82. The SMILES string of the molecule is Cc1ccccc1NC(=S)N1CCN(S(=O)(=O)c2ccc(C(N)=O)o2)CC1. The highest BCUT2D eigenvalue weighted by Crippen LogP contribution is 2.21. The number of furan rings is 1. The summed E-state index contributed by atoms with van der Waals surface area (Å²) in [5, 5.41) is 3.47. The number of primary amides is 1. The fourth-order valence-electron chi connectivity index (χ4n) is 2.76. The molecule has 1 amide bonds. The van der Waals surface area contributed by atoms with Crippen LogP contribution in [0.4, 0.5) is 5.69 Å². The first-order chi connectivity index (χ1) is 12.8. The van der Waals surface area contributed by atoms with E-state index in [9.17, 15) is 13.2 Å². The Bertz CT molecular complexity index is 963. The van der Waals surface area contributed by atoms with Gasteiger partial charge in [-0.05, 0) is 42.9 Å². The number of sulfonamides is 1. The van der Waals surface area contributed by atoms with Crippen LogP contribution in [-0.4, -0.2) is 54.8 Å². The number of carbonyl (C=O) groups is 1. The predicted octanol–water partition coefficient (Wildman–Crippen LogP) is 1.39. The number of para-hydroxylation sites is 1. The molecule has 0 atom stereocenters. The number of nitrogens with one attached hydrogen (secondary N) is 1. The van der Waals surface area contributed by atoms with Crippen molar-refractivity contribution >= 4 is 38.9 Å². The van der Waals surface area contributed by atoms with Gasteiger partial charge in [-0.2, -0.15) is 4.31 Å². The highest BCUT2D eigenvalue weighted by Gasteiger charge is 2.32. The number of amides is 1. The zero-order chi connectivity index (χ0) is 19.6. The maximum absolute atomic E-state index is 12.6. The molecule has 0 radical (unpaired) electrons. The molecule has 10 heteroatoms. The average Bonchev–Trinajstić information content (AvgIpc) is 3.15. The topological polar surface area (TPSA) is 109 Å². The van der Waals surface area contributed by atoms with Crippen molar-refractivity contribution in [2.75, 3.05) is 31.5 Å². The second kappa shape index (κ2) is 7.67. The first-order valence-corrected chi connectivity index (χ1v) is 10.2. The Morgan fingerprint density at radius 2 is 1.81 bits per heavy atom. The third-order valence-electron chi connectivity index (χ3n) is 4.33. The summed E-state index contributed by atoms with van der Waals surface area (Å²) in [7, 11) is -3.82. The standard InChI is InChI=1S/C17H20N4O4S2/c1-12-4-2-3-5-13(12)19-17(26)20-8-10-21(11-9-20)27(23,24)15-7-6-14(25-15)16(18)22/h2-7H,8-11H2,1H3,(H2,18,22)(H,19,26). The number of anilines is 1. The summed E-state index contributed by atoms with van der Waals surface area (Å²) in [4.78, 5) is 13.0. The number of hydrogen-bond donors (Lipinski definition) is 2. The van der Waals surface area contributed by atoms with Crippen molar-refractivity contribution in [1.82, 2.24) is 9.21 Å². The highest BCUT2D eigenvalue weighted by atomic mass is 32.2. The number of piperazine rings is 1. The van der Waals surface area contributed by atoms with Crippen LogP contribution < -0.4 is 11.1 Å². The molecule has 0 spiro atoms. The summed E-state index contributed by atoms with van der Waals surface area (Å²) < 4.78 is 31.7. The summed E-state index contributed by atoms with van der Waals surface area (Å²) in [6.07, 6.45) is 0. The zero-order valence-corrected chi connectivity index (χ0v) is 16.3. The Morgan fingerprint density at radius 1 is 1.15 bits per heavy atom. The van der Waals surface area contributed by atoms with Gasteiger partial charge in [-0.15, -0.1) is 0 Å². The van der Waals surface area contributed by atoms with E-state index in [-0.39, 0.29) is 23.9 Å². The Hall–Kier alpha value is -2.43. The number of rotatable bonds is 4. The molecule has 0 unspecified atom stereocenters. The fourth-order valence-corrected chi connectivity index (χ4v) is 4.38. The van der Waals surface area contributed by atoms with Crippen molar-refractivity contribution in [3.63, 3.8) is 0 Å². The van der Waals surface area contributed by atoms with Crippen molar-refractivity contribution in [1.29, 1.82) is 0 Å². The van der Waals surface area contributed by atoms with Crippen molar-refractivity contribution < 1.29 is 17.6 Å². The van der Waals surface area contributed by atoms with Crippen molar-refractivity contribution in [3.8, 4) is 0 Å². The molecule has 27 heavy (non-hydrogen) atoms. The Balaban J connectivity index is 1.63. The Morgan fingerprint density at radius 3 is 2.41 bits per heavy atom. The molecular weight excluding hydrogens is 388 g/mol. The van der Waals surface area contributed by atoms with Gasteiger partial charge in [0.25, 0.3) is 15.9 Å². The average molecular weight is 409 g/mol. The van der Waals surface area contributed by atoms with Crippen molar-refractivity contribution in [2.24, 2.45) is 5.73 Å². The van der Waals surface area contributed by atoms with E-state index in [1.807, 2.05) is 36.1 Å². The van der Waals surface area contributed by atoms with E-state index in [0.29, 0.717) is 18.2 Å². The van der Waals surface area contributed by atoms with Gasteiger partial charge in [-0.3, -0.25) is 4.79 Å². The lowest BCUT2D eigenvalue weighted by Gasteiger charge is -2.35. The summed E-state index contributed by atoms with van der Waals surface area (Å²) in [6.45, 7) is 3.38. The molecule has 0 bridgehead atoms. The van der Waals surface area contributed by atoms with Crippen LogP contribution in [0, 0.1) is 6.92 Å². The van der Waals surface area contributed by atoms with E-state index >= 15 is 0 Å². The Labute approximate surface area is 163 Å². The second-order valence-electron chi connectivity index (χ2n) is 6.12. The van der Waals surface area contributed by atoms with Gasteiger partial charge >= 0.3 is 0 Å². The molecular formula is C17H20N4O4S2. The van der Waals surface area contributed by atoms with Gasteiger partial charge in [0.15, 0.2) is 10.9 Å². The van der Waals surface area contributed by atoms with Gasteiger partial charge in [0.05, 0.1) is 0 Å². The van der Waals surface area contributed by atoms with Gasteiger partial charge in [-0.1, -0.05) is 18.2 Å². The number of nitrogens with two attached hydrogens (primary N) is 1. The summed E-state index contributed by atoms with van der Waals surface area (Å²) in [6, 6.07) is 10.3. The lowest BCUT2D eigenvalue weighted by molar-refractivity contribution is 0.0968. The highest BCUT2D eigenvalue weighted by molar-refractivity contribution is 7.89. The van der Waals surface area contributed by atoms with Crippen LogP contribution in [0.25, 0.3) is 0 Å². The van der Waals surface area contributed by atoms with E-state index in [0.717, 1.165) is 11.3 Å². The molecule has 1 fully saturated rings. The van der Waals surface area contributed by atoms with Crippen LogP contribution >= 0.6 is 12.2 Å². The molecule has 1 aliphatic heterocycles. The third-order valence-corrected chi connectivity index (χ3v) is 6.46. The van der Waals surface area contributed by atoms with Gasteiger partial charge in [0, 0.05) is 31.9 Å². The number of nitrogens with zero attached hydrogens (tertiary/aromatic N) is 2. The van der Waals surface area contributed by atoms with Gasteiger partial charge in [0.2, 0.25) is 5.09 Å². The smallest absolute Gasteiger partial charge is 0.284 e. The molecule has 3 rings (SSSR count). The summed E-state index contributed by atoms with van der Waals surface area (Å²) in [5.74, 6) is -0.996. The zero-order valence-electron chi connectivity index (χ0n) is 14.7. The molecule has 3 N–H and O–H groups in total. The molecule has 1 aromatic carbocycles. The summed E-state index contributed by atoms with van der Waals surface area (Å²) >= 11 is 5.45. The van der Waals surface area contributed by atoms with E-state index < -0.39 is 15.9 Å². The fraction of sp³-hybridized carbons (Fsp3) is 0.294. The summed E-state index contributed by atoms with van der Waals surface area (Å²) in [5.41, 5.74) is 7.10. The van der Waals surface area contributed by atoms with E-state index in [1.54, 1.807) is 0 Å². The molecule has 0 aliphatic carbocycles. The Kier molecular flexibility index (Phi) is 5.49. The van der Waals surface area contributed by atoms with E-state index in [4.69, 9.17) is 22.4 Å². The number of aryl methyl sites for hydroxylation is 1. The van der Waals surface area contributed by atoms with Gasteiger partial charge < -0.3 is 20.4 Å². The largest absolute Gasteiger partial charge is 0.438 e. The lowest BCUT2D eigenvalue weighted by atomic mass is 10.2. The maximum atomic E-state index is 12.6. The predicted molar refractivity (Wildman–Crippen MR) is 105 cm³/mol. The quantitative estimate of drug-likeness (QED) is 0.736. The maximum Gasteiger partial charge on any atom is 0.284 e. The number of hydrogen-bond acceptors (Lipinski definition) is 5. The van der Waals surface area contributed by atoms with Crippen LogP contribution in [-0.2, 0) is 10.0 Å². The van der Waals surface area contributed by atoms with Crippen LogP contribution in [0.3, 0.4) is 0 Å². The van der Waals surface area contributed by atoms with Gasteiger partial charge in [-0.25, -0.2) is 8.42 Å². The van der Waals surface area contributed by atoms with Crippen molar-refractivity contribution in [3.05, 3.63) is 47.7 Å². The molecule has 2 aromatic rings. The molecule has 1 aliphatic rings.